The molecular weight excluding hydrogens is 339 g/mol. The highest BCUT2D eigenvalue weighted by Crippen LogP contribution is 2.26. The van der Waals surface area contributed by atoms with E-state index in [1.54, 1.807) is 18.2 Å². The van der Waals surface area contributed by atoms with Crippen LogP contribution in [0.15, 0.2) is 24.3 Å². The number of carbonyl (C=O) groups is 2. The average Bonchev–Trinajstić information content (AvgIpc) is 3.22. The lowest BCUT2D eigenvalue weighted by Crippen LogP contribution is -2.34. The number of para-hydroxylation sites is 1. The Morgan fingerprint density at radius 3 is 2.65 bits per heavy atom. The predicted molar refractivity (Wildman–Crippen MR) is 91.6 cm³/mol. The van der Waals surface area contributed by atoms with E-state index in [2.05, 4.69) is 15.4 Å². The monoisotopic (exact) mass is 360 g/mol. The predicted octanol–water partition coefficient (Wildman–Crippen LogP) is 2.51. The van der Waals surface area contributed by atoms with Crippen LogP contribution in [0.4, 0.5) is 4.39 Å². The van der Waals surface area contributed by atoms with Gasteiger partial charge >= 0.3 is 5.97 Å². The van der Waals surface area contributed by atoms with Gasteiger partial charge in [-0.25, -0.2) is 14.1 Å². The topological polar surface area (TPSA) is 97.1 Å². The summed E-state index contributed by atoms with van der Waals surface area (Å²) >= 11 is 0. The lowest BCUT2D eigenvalue weighted by atomic mass is 10.1. The van der Waals surface area contributed by atoms with Crippen LogP contribution >= 0.6 is 0 Å². The van der Waals surface area contributed by atoms with Gasteiger partial charge < -0.3 is 10.4 Å². The molecule has 0 spiro atoms. The Labute approximate surface area is 150 Å². The summed E-state index contributed by atoms with van der Waals surface area (Å²) in [6.45, 7) is 3.77. The maximum Gasteiger partial charge on any atom is 0.306 e. The Bertz CT molecular complexity index is 834. The van der Waals surface area contributed by atoms with Gasteiger partial charge in [-0.15, -0.1) is 5.10 Å². The number of aliphatic carboxylic acids is 1. The fourth-order valence-corrected chi connectivity index (χ4v) is 3.18. The number of nitrogens with one attached hydrogen (secondary N) is 1. The first-order chi connectivity index (χ1) is 12.4. The highest BCUT2D eigenvalue weighted by molar-refractivity contribution is 5.90. The van der Waals surface area contributed by atoms with E-state index in [0.717, 1.165) is 0 Å². The zero-order chi connectivity index (χ0) is 18.8. The molecule has 2 N–H and O–H groups in total. The van der Waals surface area contributed by atoms with Crippen molar-refractivity contribution in [2.24, 2.45) is 5.92 Å². The number of aromatic nitrogens is 3. The van der Waals surface area contributed by atoms with E-state index < -0.39 is 23.6 Å². The van der Waals surface area contributed by atoms with Gasteiger partial charge in [-0.3, -0.25) is 9.59 Å². The summed E-state index contributed by atoms with van der Waals surface area (Å²) in [6, 6.07) is 5.95. The Hall–Kier alpha value is -2.77. The molecule has 7 nitrogen and oxygen atoms in total. The highest BCUT2D eigenvalue weighted by Gasteiger charge is 2.31. The summed E-state index contributed by atoms with van der Waals surface area (Å²) in [7, 11) is 0. The zero-order valence-corrected chi connectivity index (χ0v) is 14.6. The van der Waals surface area contributed by atoms with E-state index in [-0.39, 0.29) is 23.5 Å². The van der Waals surface area contributed by atoms with Crippen LogP contribution in [0.5, 0.6) is 0 Å². The normalized spacial score (nSPS) is 19.7. The molecule has 0 aliphatic heterocycles. The third kappa shape index (κ3) is 3.58. The Balaban J connectivity index is 1.83. The molecule has 0 bridgehead atoms. The van der Waals surface area contributed by atoms with E-state index in [0.29, 0.717) is 25.1 Å². The molecule has 1 amide bonds. The van der Waals surface area contributed by atoms with E-state index in [9.17, 15) is 14.0 Å². The van der Waals surface area contributed by atoms with Crippen LogP contribution in [-0.2, 0) is 4.79 Å². The third-order valence-electron chi connectivity index (χ3n) is 4.55. The maximum absolute atomic E-state index is 14.1. The van der Waals surface area contributed by atoms with Gasteiger partial charge in [0.15, 0.2) is 0 Å². The Kier molecular flexibility index (Phi) is 5.01. The van der Waals surface area contributed by atoms with Gasteiger partial charge in [0.05, 0.1) is 5.92 Å². The molecule has 1 fully saturated rings. The van der Waals surface area contributed by atoms with Crippen LogP contribution in [0.3, 0.4) is 0 Å². The van der Waals surface area contributed by atoms with Crippen molar-refractivity contribution in [2.75, 3.05) is 0 Å². The average molecular weight is 360 g/mol. The molecule has 1 aliphatic carbocycles. The Morgan fingerprint density at radius 2 is 2.04 bits per heavy atom. The van der Waals surface area contributed by atoms with Gasteiger partial charge in [0.25, 0.3) is 5.91 Å². The number of rotatable bonds is 5. The molecule has 1 heterocycles. The summed E-state index contributed by atoms with van der Waals surface area (Å²) in [5.74, 6) is -1.83. The number of nitrogens with zero attached hydrogens (tertiary/aromatic N) is 3. The second-order valence-corrected chi connectivity index (χ2v) is 6.83. The van der Waals surface area contributed by atoms with Gasteiger partial charge in [-0.1, -0.05) is 26.0 Å². The molecule has 2 atom stereocenters. The third-order valence-corrected chi connectivity index (χ3v) is 4.55. The van der Waals surface area contributed by atoms with E-state index >= 15 is 0 Å². The Morgan fingerprint density at radius 1 is 1.31 bits per heavy atom. The van der Waals surface area contributed by atoms with Crippen LogP contribution in [0.1, 0.15) is 55.5 Å². The van der Waals surface area contributed by atoms with Crippen molar-refractivity contribution in [3.05, 3.63) is 41.7 Å². The van der Waals surface area contributed by atoms with Crippen molar-refractivity contribution in [3.63, 3.8) is 0 Å². The molecule has 1 aromatic carbocycles. The van der Waals surface area contributed by atoms with Crippen molar-refractivity contribution < 1.29 is 19.1 Å². The van der Waals surface area contributed by atoms with Crippen LogP contribution in [0.25, 0.3) is 5.69 Å². The van der Waals surface area contributed by atoms with Crippen molar-refractivity contribution >= 4 is 11.9 Å². The largest absolute Gasteiger partial charge is 0.481 e. The maximum atomic E-state index is 14.1. The van der Waals surface area contributed by atoms with Crippen molar-refractivity contribution in [1.82, 2.24) is 20.1 Å². The molecule has 3 rings (SSSR count). The number of carboxylic acids is 1. The van der Waals surface area contributed by atoms with E-state index in [4.69, 9.17) is 5.11 Å². The molecular formula is C18H21FN4O3. The number of carboxylic acid groups (broad SMARTS) is 1. The summed E-state index contributed by atoms with van der Waals surface area (Å²) < 4.78 is 15.5. The summed E-state index contributed by atoms with van der Waals surface area (Å²) in [6.07, 6.45) is 1.54. The van der Waals surface area contributed by atoms with Gasteiger partial charge in [0.2, 0.25) is 5.82 Å². The molecule has 1 aromatic heterocycles. The number of amides is 1. The molecule has 1 saturated carbocycles. The zero-order valence-electron chi connectivity index (χ0n) is 14.6. The second-order valence-electron chi connectivity index (χ2n) is 6.83. The van der Waals surface area contributed by atoms with E-state index in [1.165, 1.54) is 10.7 Å². The quantitative estimate of drug-likeness (QED) is 0.854. The van der Waals surface area contributed by atoms with Crippen molar-refractivity contribution in [3.8, 4) is 5.69 Å². The van der Waals surface area contributed by atoms with Crippen LogP contribution in [0, 0.1) is 11.7 Å². The lowest BCUT2D eigenvalue weighted by Gasteiger charge is -2.10. The molecule has 2 aromatic rings. The fourth-order valence-electron chi connectivity index (χ4n) is 3.18. The number of halogens is 1. The van der Waals surface area contributed by atoms with Crippen LogP contribution in [0.2, 0.25) is 0 Å². The smallest absolute Gasteiger partial charge is 0.306 e. The SMILES string of the molecule is CC(C)c1nc(C(=O)N[C@H]2CC[C@@H](C(=O)O)C2)nn1-c1ccccc1F. The first-order valence-electron chi connectivity index (χ1n) is 8.62. The minimum absolute atomic E-state index is 0.0456. The van der Waals surface area contributed by atoms with Crippen LogP contribution in [-0.4, -0.2) is 37.8 Å². The van der Waals surface area contributed by atoms with Crippen molar-refractivity contribution in [1.29, 1.82) is 0 Å². The van der Waals surface area contributed by atoms with Gasteiger partial charge in [0.1, 0.15) is 17.3 Å². The minimum Gasteiger partial charge on any atom is -0.481 e. The number of carbonyl (C=O) groups excluding carboxylic acids is 1. The number of hydrogen-bond acceptors (Lipinski definition) is 4. The van der Waals surface area contributed by atoms with Gasteiger partial charge in [0, 0.05) is 12.0 Å². The van der Waals surface area contributed by atoms with E-state index in [1.807, 2.05) is 13.8 Å². The number of benzene rings is 1. The van der Waals surface area contributed by atoms with Gasteiger partial charge in [-0.2, -0.15) is 0 Å². The summed E-state index contributed by atoms with van der Waals surface area (Å²) in [5, 5.41) is 16.0. The highest BCUT2D eigenvalue weighted by atomic mass is 19.1. The van der Waals surface area contributed by atoms with Gasteiger partial charge in [-0.05, 0) is 31.4 Å². The second kappa shape index (κ2) is 7.23. The van der Waals surface area contributed by atoms with Crippen LogP contribution < -0.4 is 5.32 Å². The molecule has 26 heavy (non-hydrogen) atoms. The first-order valence-corrected chi connectivity index (χ1v) is 8.62. The summed E-state index contributed by atoms with van der Waals surface area (Å²) in [4.78, 5) is 27.8. The molecule has 0 unspecified atom stereocenters. The molecule has 0 radical (unpaired) electrons. The molecule has 8 heteroatoms. The van der Waals surface area contributed by atoms with Crippen molar-refractivity contribution in [2.45, 2.75) is 45.1 Å². The fraction of sp³-hybridized carbons (Fsp3) is 0.444. The minimum atomic E-state index is -0.842. The summed E-state index contributed by atoms with van der Waals surface area (Å²) in [5.41, 5.74) is 0.231. The molecule has 1 aliphatic rings. The first kappa shape index (κ1) is 18.0. The molecule has 138 valence electrons. The molecule has 0 saturated heterocycles. The number of hydrogen-bond donors (Lipinski definition) is 2. The standard InChI is InChI=1S/C18H21FN4O3/c1-10(2)16-21-15(22-23(16)14-6-4-3-5-13(14)19)17(24)20-12-8-7-11(9-12)18(25)26/h3-6,10-12H,7-9H2,1-2H3,(H,20,24)(H,25,26)/t11-,12+/m1/s1. The lowest BCUT2D eigenvalue weighted by molar-refractivity contribution is -0.141.